The predicted molar refractivity (Wildman–Crippen MR) is 79.9 cm³/mol. The normalized spacial score (nSPS) is 10.5. The van der Waals surface area contributed by atoms with Gasteiger partial charge in [-0.05, 0) is 31.9 Å². The molecule has 4 nitrogen and oxygen atoms in total. The average molecular weight is 292 g/mol. The summed E-state index contributed by atoms with van der Waals surface area (Å²) < 4.78 is 27.4. The van der Waals surface area contributed by atoms with Crippen LogP contribution in [0.15, 0.2) is 18.2 Å². The van der Waals surface area contributed by atoms with E-state index >= 15 is 0 Å². The van der Waals surface area contributed by atoms with Gasteiger partial charge in [-0.2, -0.15) is 0 Å². The molecule has 2 N–H and O–H groups in total. The molecule has 21 heavy (non-hydrogen) atoms. The summed E-state index contributed by atoms with van der Waals surface area (Å²) in [5.74, 6) is 0.636. The molecule has 0 unspecified atom stereocenters. The number of hydrogen-bond donors (Lipinski definition) is 2. The van der Waals surface area contributed by atoms with E-state index in [4.69, 9.17) is 0 Å². The molecule has 0 spiro atoms. The summed E-state index contributed by atoms with van der Waals surface area (Å²) in [7, 11) is 0. The SMILES string of the molecule is CCCNc1cc(Nc2cc(F)c(C)cc2F)nc(C)n1. The first kappa shape index (κ1) is 15.2. The molecule has 0 atom stereocenters. The second-order valence-electron chi connectivity index (χ2n) is 4.82. The van der Waals surface area contributed by atoms with Gasteiger partial charge in [0.2, 0.25) is 0 Å². The third-order valence-corrected chi connectivity index (χ3v) is 2.91. The standard InChI is InChI=1S/C15H18F2N4/c1-4-5-18-14-8-15(20-10(3)19-14)21-13-7-11(16)9(2)6-12(13)17/h6-8H,4-5H2,1-3H3,(H2,18,19,20,21). The van der Waals surface area contributed by atoms with Crippen LogP contribution in [0, 0.1) is 25.5 Å². The molecule has 0 aliphatic heterocycles. The minimum absolute atomic E-state index is 0.0534. The van der Waals surface area contributed by atoms with E-state index in [-0.39, 0.29) is 11.3 Å². The van der Waals surface area contributed by atoms with Gasteiger partial charge in [0, 0.05) is 18.7 Å². The molecule has 0 amide bonds. The zero-order chi connectivity index (χ0) is 15.4. The van der Waals surface area contributed by atoms with Gasteiger partial charge >= 0.3 is 0 Å². The maximum atomic E-state index is 13.8. The average Bonchev–Trinajstić information content (AvgIpc) is 2.42. The van der Waals surface area contributed by atoms with E-state index < -0.39 is 11.6 Å². The number of hydrogen-bond acceptors (Lipinski definition) is 4. The fraction of sp³-hybridized carbons (Fsp3) is 0.333. The van der Waals surface area contributed by atoms with E-state index in [1.54, 1.807) is 13.0 Å². The quantitative estimate of drug-likeness (QED) is 0.876. The first-order chi connectivity index (χ1) is 9.99. The maximum Gasteiger partial charge on any atom is 0.147 e. The first-order valence-corrected chi connectivity index (χ1v) is 6.82. The van der Waals surface area contributed by atoms with Crippen molar-refractivity contribution in [1.82, 2.24) is 9.97 Å². The van der Waals surface area contributed by atoms with Gasteiger partial charge in [-0.25, -0.2) is 18.7 Å². The van der Waals surface area contributed by atoms with Crippen LogP contribution in [0.25, 0.3) is 0 Å². The second kappa shape index (κ2) is 6.47. The Bertz CT molecular complexity index is 644. The lowest BCUT2D eigenvalue weighted by molar-refractivity contribution is 0.595. The van der Waals surface area contributed by atoms with Gasteiger partial charge in [-0.3, -0.25) is 0 Å². The minimum Gasteiger partial charge on any atom is -0.370 e. The summed E-state index contributed by atoms with van der Waals surface area (Å²) in [4.78, 5) is 8.42. The number of benzene rings is 1. The lowest BCUT2D eigenvalue weighted by Crippen LogP contribution is -2.06. The fourth-order valence-electron chi connectivity index (χ4n) is 1.86. The molecule has 0 aliphatic carbocycles. The van der Waals surface area contributed by atoms with Crippen molar-refractivity contribution < 1.29 is 8.78 Å². The molecule has 1 heterocycles. The van der Waals surface area contributed by atoms with Crippen molar-refractivity contribution in [2.24, 2.45) is 0 Å². The van der Waals surface area contributed by atoms with Crippen molar-refractivity contribution in [2.45, 2.75) is 27.2 Å². The van der Waals surface area contributed by atoms with E-state index in [0.717, 1.165) is 25.1 Å². The Morgan fingerprint density at radius 1 is 1.00 bits per heavy atom. The van der Waals surface area contributed by atoms with E-state index in [9.17, 15) is 8.78 Å². The van der Waals surface area contributed by atoms with Crippen molar-refractivity contribution in [3.8, 4) is 0 Å². The number of aryl methyl sites for hydroxylation is 2. The highest BCUT2D eigenvalue weighted by Crippen LogP contribution is 2.23. The van der Waals surface area contributed by atoms with Gasteiger partial charge in [-0.1, -0.05) is 6.92 Å². The van der Waals surface area contributed by atoms with Crippen LogP contribution in [0.1, 0.15) is 24.7 Å². The van der Waals surface area contributed by atoms with E-state index in [1.165, 1.54) is 6.92 Å². The Labute approximate surface area is 122 Å². The van der Waals surface area contributed by atoms with Crippen LogP contribution in [-0.2, 0) is 0 Å². The van der Waals surface area contributed by atoms with Gasteiger partial charge in [-0.15, -0.1) is 0 Å². The maximum absolute atomic E-state index is 13.8. The van der Waals surface area contributed by atoms with Crippen LogP contribution in [0.5, 0.6) is 0 Å². The molecule has 0 saturated carbocycles. The van der Waals surface area contributed by atoms with Crippen LogP contribution in [0.2, 0.25) is 0 Å². The number of nitrogens with zero attached hydrogens (tertiary/aromatic N) is 2. The van der Waals surface area contributed by atoms with Gasteiger partial charge in [0.25, 0.3) is 0 Å². The predicted octanol–water partition coefficient (Wildman–Crippen LogP) is 3.94. The summed E-state index contributed by atoms with van der Waals surface area (Å²) in [6.45, 7) is 6.09. The molecular weight excluding hydrogens is 274 g/mol. The number of aromatic nitrogens is 2. The number of rotatable bonds is 5. The van der Waals surface area contributed by atoms with Crippen LogP contribution < -0.4 is 10.6 Å². The van der Waals surface area contributed by atoms with Gasteiger partial charge in [0.1, 0.15) is 29.1 Å². The molecule has 0 radical (unpaired) electrons. The van der Waals surface area contributed by atoms with E-state index in [2.05, 4.69) is 20.6 Å². The van der Waals surface area contributed by atoms with Crippen LogP contribution >= 0.6 is 0 Å². The largest absolute Gasteiger partial charge is 0.370 e. The van der Waals surface area contributed by atoms with Crippen molar-refractivity contribution in [1.29, 1.82) is 0 Å². The summed E-state index contributed by atoms with van der Waals surface area (Å²) in [6, 6.07) is 3.95. The smallest absolute Gasteiger partial charge is 0.147 e. The lowest BCUT2D eigenvalue weighted by atomic mass is 10.2. The van der Waals surface area contributed by atoms with Crippen LogP contribution in [0.4, 0.5) is 26.1 Å². The highest BCUT2D eigenvalue weighted by molar-refractivity contribution is 5.60. The van der Waals surface area contributed by atoms with E-state index in [0.29, 0.717) is 17.5 Å². The Balaban J connectivity index is 2.27. The molecule has 6 heteroatoms. The Hall–Kier alpha value is -2.24. The number of anilines is 3. The molecule has 1 aromatic carbocycles. The van der Waals surface area contributed by atoms with Crippen LogP contribution in [-0.4, -0.2) is 16.5 Å². The topological polar surface area (TPSA) is 49.8 Å². The monoisotopic (exact) mass is 292 g/mol. The van der Waals surface area contributed by atoms with E-state index in [1.807, 2.05) is 6.92 Å². The van der Waals surface area contributed by atoms with Crippen molar-refractivity contribution in [3.63, 3.8) is 0 Å². The lowest BCUT2D eigenvalue weighted by Gasteiger charge is -2.11. The number of halogens is 2. The van der Waals surface area contributed by atoms with Gasteiger partial charge in [0.05, 0.1) is 5.69 Å². The minimum atomic E-state index is -0.520. The third-order valence-electron chi connectivity index (χ3n) is 2.91. The Kier molecular flexibility index (Phi) is 4.67. The zero-order valence-corrected chi connectivity index (χ0v) is 12.3. The Morgan fingerprint density at radius 3 is 2.43 bits per heavy atom. The molecule has 2 rings (SSSR count). The van der Waals surface area contributed by atoms with Gasteiger partial charge < -0.3 is 10.6 Å². The fourth-order valence-corrected chi connectivity index (χ4v) is 1.86. The summed E-state index contributed by atoms with van der Waals surface area (Å²) in [6.07, 6.45) is 0.962. The second-order valence-corrected chi connectivity index (χ2v) is 4.82. The molecule has 1 aromatic heterocycles. The summed E-state index contributed by atoms with van der Waals surface area (Å²) in [5.41, 5.74) is 0.319. The molecule has 0 aliphatic rings. The summed E-state index contributed by atoms with van der Waals surface area (Å²) >= 11 is 0. The molecule has 2 aromatic rings. The molecule has 0 saturated heterocycles. The van der Waals surface area contributed by atoms with Crippen LogP contribution in [0.3, 0.4) is 0 Å². The highest BCUT2D eigenvalue weighted by Gasteiger charge is 2.09. The Morgan fingerprint density at radius 2 is 1.71 bits per heavy atom. The molecule has 112 valence electrons. The molecule has 0 bridgehead atoms. The van der Waals surface area contributed by atoms with Crippen molar-refractivity contribution in [2.75, 3.05) is 17.2 Å². The summed E-state index contributed by atoms with van der Waals surface area (Å²) in [5, 5.41) is 5.93. The highest BCUT2D eigenvalue weighted by atomic mass is 19.1. The molecular formula is C15H18F2N4. The first-order valence-electron chi connectivity index (χ1n) is 6.82. The number of nitrogens with one attached hydrogen (secondary N) is 2. The van der Waals surface area contributed by atoms with Crippen molar-refractivity contribution in [3.05, 3.63) is 41.2 Å². The molecule has 0 fully saturated rings. The van der Waals surface area contributed by atoms with Crippen molar-refractivity contribution >= 4 is 17.3 Å². The zero-order valence-electron chi connectivity index (χ0n) is 12.3. The van der Waals surface area contributed by atoms with Gasteiger partial charge in [0.15, 0.2) is 0 Å². The third kappa shape index (κ3) is 3.87.